The van der Waals surface area contributed by atoms with Gasteiger partial charge in [0.25, 0.3) is 0 Å². The fourth-order valence-electron chi connectivity index (χ4n) is 2.43. The lowest BCUT2D eigenvalue weighted by Crippen LogP contribution is -2.24. The predicted octanol–water partition coefficient (Wildman–Crippen LogP) is 3.45. The number of aromatic nitrogens is 3. The Morgan fingerprint density at radius 1 is 1.24 bits per heavy atom. The molecule has 0 radical (unpaired) electrons. The number of likely N-dealkylation sites (N-methyl/N-ethyl adjacent to an activating group) is 1. The minimum atomic E-state index is 0.326. The van der Waals surface area contributed by atoms with Crippen LogP contribution in [0, 0.1) is 0 Å². The van der Waals surface area contributed by atoms with E-state index in [0.717, 1.165) is 30.4 Å². The maximum atomic E-state index is 5.99. The van der Waals surface area contributed by atoms with Crippen LogP contribution in [0.3, 0.4) is 0 Å². The van der Waals surface area contributed by atoms with E-state index in [2.05, 4.69) is 48.3 Å². The molecule has 1 N–H and O–H groups in total. The Bertz CT molecular complexity index is 548. The van der Waals surface area contributed by atoms with Crippen molar-refractivity contribution in [2.75, 3.05) is 13.1 Å². The molecule has 0 saturated heterocycles. The highest BCUT2D eigenvalue weighted by molar-refractivity contribution is 6.30. The van der Waals surface area contributed by atoms with Gasteiger partial charge in [-0.2, -0.15) is 5.10 Å². The standard InChI is InChI=1S/C16H23ClN4/c1-4-18-10-14(13-5-7-15(17)8-6-13)9-16-19-11-20-21(16)12(2)3/h5-8,11-12,14,18H,4,9-10H2,1-3H3. The second-order valence-corrected chi connectivity index (χ2v) is 5.91. The van der Waals surface area contributed by atoms with Crippen LogP contribution in [0.4, 0.5) is 0 Å². The van der Waals surface area contributed by atoms with E-state index in [1.54, 1.807) is 6.33 Å². The largest absolute Gasteiger partial charge is 0.316 e. The zero-order valence-electron chi connectivity index (χ0n) is 12.9. The molecule has 1 atom stereocenters. The van der Waals surface area contributed by atoms with Crippen LogP contribution in [0.2, 0.25) is 5.02 Å². The molecule has 0 aliphatic carbocycles. The molecule has 5 heteroatoms. The minimum Gasteiger partial charge on any atom is -0.316 e. The van der Waals surface area contributed by atoms with Gasteiger partial charge in [-0.25, -0.2) is 9.67 Å². The van der Waals surface area contributed by atoms with Gasteiger partial charge < -0.3 is 5.32 Å². The highest BCUT2D eigenvalue weighted by atomic mass is 35.5. The third kappa shape index (κ3) is 4.29. The van der Waals surface area contributed by atoms with Gasteiger partial charge in [-0.1, -0.05) is 30.7 Å². The van der Waals surface area contributed by atoms with Gasteiger partial charge in [0.1, 0.15) is 12.2 Å². The van der Waals surface area contributed by atoms with E-state index in [1.807, 2.05) is 16.8 Å². The van der Waals surface area contributed by atoms with Crippen LogP contribution in [0.1, 0.15) is 44.1 Å². The first-order valence-corrected chi connectivity index (χ1v) is 7.84. The zero-order chi connectivity index (χ0) is 15.2. The van der Waals surface area contributed by atoms with E-state index in [-0.39, 0.29) is 0 Å². The van der Waals surface area contributed by atoms with Crippen LogP contribution in [-0.2, 0) is 6.42 Å². The minimum absolute atomic E-state index is 0.326. The van der Waals surface area contributed by atoms with E-state index in [4.69, 9.17) is 11.6 Å². The number of halogens is 1. The van der Waals surface area contributed by atoms with Crippen LogP contribution in [0.15, 0.2) is 30.6 Å². The maximum Gasteiger partial charge on any atom is 0.138 e. The molecule has 21 heavy (non-hydrogen) atoms. The summed E-state index contributed by atoms with van der Waals surface area (Å²) in [6, 6.07) is 8.42. The monoisotopic (exact) mass is 306 g/mol. The fraction of sp³-hybridized carbons (Fsp3) is 0.500. The van der Waals surface area contributed by atoms with Crippen LogP contribution in [-0.4, -0.2) is 27.9 Å². The summed E-state index contributed by atoms with van der Waals surface area (Å²) in [5, 5.41) is 8.52. The molecular formula is C16H23ClN4. The van der Waals surface area contributed by atoms with Crippen molar-refractivity contribution in [1.82, 2.24) is 20.1 Å². The summed E-state index contributed by atoms with van der Waals surface area (Å²) < 4.78 is 1.99. The third-order valence-electron chi connectivity index (χ3n) is 3.55. The van der Waals surface area contributed by atoms with Crippen molar-refractivity contribution in [3.05, 3.63) is 47.0 Å². The quantitative estimate of drug-likeness (QED) is 0.852. The molecule has 1 heterocycles. The average molecular weight is 307 g/mol. The fourth-order valence-corrected chi connectivity index (χ4v) is 2.56. The van der Waals surface area contributed by atoms with Gasteiger partial charge in [-0.3, -0.25) is 0 Å². The molecule has 0 saturated carbocycles. The summed E-state index contributed by atoms with van der Waals surface area (Å²) in [6.07, 6.45) is 2.51. The Balaban J connectivity index is 2.19. The Kier molecular flexibility index (Phi) is 5.76. The second kappa shape index (κ2) is 7.57. The van der Waals surface area contributed by atoms with Crippen LogP contribution < -0.4 is 5.32 Å². The smallest absolute Gasteiger partial charge is 0.138 e. The molecule has 0 aliphatic rings. The van der Waals surface area contributed by atoms with Gasteiger partial charge in [0, 0.05) is 29.9 Å². The molecule has 2 aromatic rings. The Morgan fingerprint density at radius 3 is 2.57 bits per heavy atom. The maximum absolute atomic E-state index is 5.99. The summed E-state index contributed by atoms with van der Waals surface area (Å²) in [4.78, 5) is 4.43. The lowest BCUT2D eigenvalue weighted by molar-refractivity contribution is 0.484. The van der Waals surface area contributed by atoms with E-state index in [0.29, 0.717) is 12.0 Å². The Hall–Kier alpha value is -1.39. The molecule has 0 amide bonds. The summed E-state index contributed by atoms with van der Waals surface area (Å²) >= 11 is 5.99. The number of benzene rings is 1. The number of hydrogen-bond acceptors (Lipinski definition) is 3. The van der Waals surface area contributed by atoms with Crippen molar-refractivity contribution in [1.29, 1.82) is 0 Å². The summed E-state index contributed by atoms with van der Waals surface area (Å²) in [5.74, 6) is 1.40. The molecule has 1 unspecified atom stereocenters. The highest BCUT2D eigenvalue weighted by Crippen LogP contribution is 2.22. The van der Waals surface area contributed by atoms with E-state index in [9.17, 15) is 0 Å². The van der Waals surface area contributed by atoms with Crippen LogP contribution in [0.5, 0.6) is 0 Å². The molecular weight excluding hydrogens is 284 g/mol. The first-order valence-electron chi connectivity index (χ1n) is 7.46. The van der Waals surface area contributed by atoms with Crippen LogP contribution in [0.25, 0.3) is 0 Å². The van der Waals surface area contributed by atoms with Gasteiger partial charge in [0.2, 0.25) is 0 Å². The van der Waals surface area contributed by atoms with Gasteiger partial charge >= 0.3 is 0 Å². The lowest BCUT2D eigenvalue weighted by atomic mass is 9.95. The normalized spacial score (nSPS) is 12.8. The van der Waals surface area contributed by atoms with Gasteiger partial charge in [0.05, 0.1) is 0 Å². The lowest BCUT2D eigenvalue weighted by Gasteiger charge is -2.19. The number of hydrogen-bond donors (Lipinski definition) is 1. The molecule has 0 fully saturated rings. The third-order valence-corrected chi connectivity index (χ3v) is 3.80. The van der Waals surface area contributed by atoms with Crippen molar-refractivity contribution in [2.45, 2.75) is 39.2 Å². The molecule has 1 aromatic carbocycles. The number of nitrogens with zero attached hydrogens (tertiary/aromatic N) is 3. The topological polar surface area (TPSA) is 42.7 Å². The molecule has 1 aromatic heterocycles. The summed E-state index contributed by atoms with van der Waals surface area (Å²) in [5.41, 5.74) is 1.28. The zero-order valence-corrected chi connectivity index (χ0v) is 13.6. The summed E-state index contributed by atoms with van der Waals surface area (Å²) in [7, 11) is 0. The van der Waals surface area contributed by atoms with E-state index in [1.165, 1.54) is 5.56 Å². The molecule has 2 rings (SSSR count). The van der Waals surface area contributed by atoms with Crippen molar-refractivity contribution in [3.8, 4) is 0 Å². The Labute approximate surface area is 131 Å². The summed E-state index contributed by atoms with van der Waals surface area (Å²) in [6.45, 7) is 8.25. The molecule has 4 nitrogen and oxygen atoms in total. The van der Waals surface area contributed by atoms with Gasteiger partial charge in [-0.15, -0.1) is 0 Å². The van der Waals surface area contributed by atoms with Gasteiger partial charge in [0.15, 0.2) is 0 Å². The first kappa shape index (κ1) is 16.0. The molecule has 0 bridgehead atoms. The Morgan fingerprint density at radius 2 is 1.95 bits per heavy atom. The van der Waals surface area contributed by atoms with Crippen molar-refractivity contribution in [2.24, 2.45) is 0 Å². The van der Waals surface area contributed by atoms with Crippen molar-refractivity contribution in [3.63, 3.8) is 0 Å². The van der Waals surface area contributed by atoms with Crippen molar-refractivity contribution >= 4 is 11.6 Å². The second-order valence-electron chi connectivity index (χ2n) is 5.47. The molecule has 0 spiro atoms. The number of nitrogens with one attached hydrogen (secondary N) is 1. The number of rotatable bonds is 7. The molecule has 114 valence electrons. The average Bonchev–Trinajstić information content (AvgIpc) is 2.93. The van der Waals surface area contributed by atoms with Gasteiger partial charge in [-0.05, 0) is 38.1 Å². The van der Waals surface area contributed by atoms with Crippen LogP contribution >= 0.6 is 11.6 Å². The first-order chi connectivity index (χ1) is 10.1. The van der Waals surface area contributed by atoms with E-state index < -0.39 is 0 Å². The SMILES string of the molecule is CCNCC(Cc1ncnn1C(C)C)c1ccc(Cl)cc1. The highest BCUT2D eigenvalue weighted by Gasteiger charge is 2.17. The van der Waals surface area contributed by atoms with E-state index >= 15 is 0 Å². The van der Waals surface area contributed by atoms with Crippen molar-refractivity contribution < 1.29 is 0 Å². The molecule has 0 aliphatic heterocycles. The predicted molar refractivity (Wildman–Crippen MR) is 86.8 cm³/mol.